The highest BCUT2D eigenvalue weighted by atomic mass is 16.4. The number of furan rings is 1. The zero-order valence-corrected chi connectivity index (χ0v) is 12.0. The summed E-state index contributed by atoms with van der Waals surface area (Å²) in [4.78, 5) is 13.2. The fourth-order valence-electron chi connectivity index (χ4n) is 3.00. The van der Waals surface area contributed by atoms with Gasteiger partial charge in [0.2, 0.25) is 0 Å². The highest BCUT2D eigenvalue weighted by molar-refractivity contribution is 5.88. The molecule has 1 saturated carbocycles. The van der Waals surface area contributed by atoms with Crippen LogP contribution in [0.25, 0.3) is 0 Å². The predicted octanol–water partition coefficient (Wildman–Crippen LogP) is 2.41. The highest BCUT2D eigenvalue weighted by Gasteiger charge is 2.23. The maximum absolute atomic E-state index is 11.0. The van der Waals surface area contributed by atoms with Crippen molar-refractivity contribution in [2.75, 3.05) is 13.2 Å². The van der Waals surface area contributed by atoms with E-state index in [4.69, 9.17) is 9.52 Å². The lowest BCUT2D eigenvalue weighted by atomic mass is 9.94. The second-order valence-corrected chi connectivity index (χ2v) is 5.47. The molecule has 2 N–H and O–H groups in total. The molecular weight excluding hydrogens is 258 g/mol. The summed E-state index contributed by atoms with van der Waals surface area (Å²) in [5.41, 5.74) is 0.229. The SMILES string of the molecule is Cc1oc(CN(CCO)C2CCCCC2)cc1C(=O)O. The largest absolute Gasteiger partial charge is 0.478 e. The third-order valence-electron chi connectivity index (χ3n) is 4.04. The summed E-state index contributed by atoms with van der Waals surface area (Å²) in [7, 11) is 0. The van der Waals surface area contributed by atoms with Crippen LogP contribution in [0.2, 0.25) is 0 Å². The van der Waals surface area contributed by atoms with Crippen molar-refractivity contribution in [3.05, 3.63) is 23.2 Å². The smallest absolute Gasteiger partial charge is 0.339 e. The van der Waals surface area contributed by atoms with Gasteiger partial charge in [-0.2, -0.15) is 0 Å². The molecule has 0 atom stereocenters. The normalized spacial score (nSPS) is 16.8. The van der Waals surface area contributed by atoms with Gasteiger partial charge in [-0.05, 0) is 25.8 Å². The van der Waals surface area contributed by atoms with Crippen molar-refractivity contribution in [1.82, 2.24) is 4.90 Å². The monoisotopic (exact) mass is 281 g/mol. The van der Waals surface area contributed by atoms with Crippen LogP contribution < -0.4 is 0 Å². The highest BCUT2D eigenvalue weighted by Crippen LogP contribution is 2.25. The summed E-state index contributed by atoms with van der Waals surface area (Å²) in [5.74, 6) is 0.155. The molecule has 20 heavy (non-hydrogen) atoms. The van der Waals surface area contributed by atoms with E-state index in [1.807, 2.05) is 0 Å². The lowest BCUT2D eigenvalue weighted by molar-refractivity contribution is 0.0695. The second kappa shape index (κ2) is 6.90. The maximum atomic E-state index is 11.0. The molecule has 0 aromatic carbocycles. The molecule has 5 nitrogen and oxygen atoms in total. The zero-order chi connectivity index (χ0) is 14.5. The molecule has 112 valence electrons. The summed E-state index contributed by atoms with van der Waals surface area (Å²) in [5, 5.41) is 18.3. The van der Waals surface area contributed by atoms with E-state index >= 15 is 0 Å². The van der Waals surface area contributed by atoms with Gasteiger partial charge in [0, 0.05) is 12.6 Å². The molecule has 1 aromatic heterocycles. The minimum atomic E-state index is -0.955. The van der Waals surface area contributed by atoms with Crippen molar-refractivity contribution in [3.8, 4) is 0 Å². The number of carboxylic acid groups (broad SMARTS) is 1. The van der Waals surface area contributed by atoms with Crippen LogP contribution in [0.1, 0.15) is 54.0 Å². The van der Waals surface area contributed by atoms with Crippen LogP contribution in [0, 0.1) is 6.92 Å². The lowest BCUT2D eigenvalue weighted by Gasteiger charge is -2.33. The summed E-state index contributed by atoms with van der Waals surface area (Å²) in [6.07, 6.45) is 6.03. The molecule has 0 amide bonds. The standard InChI is InChI=1S/C15H23NO4/c1-11-14(15(18)19)9-13(20-11)10-16(7-8-17)12-5-3-2-4-6-12/h9,12,17H,2-8,10H2,1H3,(H,18,19). The molecule has 1 aliphatic rings. The van der Waals surface area contributed by atoms with Crippen LogP contribution in [0.5, 0.6) is 0 Å². The number of hydrogen-bond acceptors (Lipinski definition) is 4. The van der Waals surface area contributed by atoms with Gasteiger partial charge in [-0.3, -0.25) is 4.90 Å². The first-order valence-corrected chi connectivity index (χ1v) is 7.29. The van der Waals surface area contributed by atoms with Crippen LogP contribution in [-0.4, -0.2) is 40.3 Å². The van der Waals surface area contributed by atoms with E-state index in [2.05, 4.69) is 4.90 Å². The number of aromatic carboxylic acids is 1. The average Bonchev–Trinajstić information content (AvgIpc) is 2.80. The number of nitrogens with zero attached hydrogens (tertiary/aromatic N) is 1. The Morgan fingerprint density at radius 2 is 2.10 bits per heavy atom. The molecule has 1 aromatic rings. The van der Waals surface area contributed by atoms with Crippen molar-refractivity contribution >= 4 is 5.97 Å². The Hall–Kier alpha value is -1.33. The molecule has 0 aliphatic heterocycles. The summed E-state index contributed by atoms with van der Waals surface area (Å²) < 4.78 is 5.54. The van der Waals surface area contributed by atoms with Crippen molar-refractivity contribution in [2.45, 2.75) is 51.6 Å². The molecule has 2 rings (SSSR count). The molecule has 0 spiro atoms. The van der Waals surface area contributed by atoms with Crippen molar-refractivity contribution in [3.63, 3.8) is 0 Å². The first-order chi connectivity index (χ1) is 9.61. The first-order valence-electron chi connectivity index (χ1n) is 7.29. The number of aryl methyl sites for hydroxylation is 1. The Balaban J connectivity index is 2.07. The van der Waals surface area contributed by atoms with E-state index in [-0.39, 0.29) is 12.2 Å². The molecule has 1 heterocycles. The Kier molecular flexibility index (Phi) is 5.20. The fraction of sp³-hybridized carbons (Fsp3) is 0.667. The van der Waals surface area contributed by atoms with E-state index in [0.717, 1.165) is 12.8 Å². The van der Waals surface area contributed by atoms with Crippen LogP contribution in [0.3, 0.4) is 0 Å². The maximum Gasteiger partial charge on any atom is 0.339 e. The second-order valence-electron chi connectivity index (χ2n) is 5.47. The van der Waals surface area contributed by atoms with Crippen molar-refractivity contribution in [1.29, 1.82) is 0 Å². The number of aliphatic hydroxyl groups excluding tert-OH is 1. The van der Waals surface area contributed by atoms with Crippen molar-refractivity contribution < 1.29 is 19.4 Å². The van der Waals surface area contributed by atoms with Gasteiger partial charge in [0.15, 0.2) is 0 Å². The average molecular weight is 281 g/mol. The van der Waals surface area contributed by atoms with E-state index < -0.39 is 5.97 Å². The van der Waals surface area contributed by atoms with Gasteiger partial charge in [0.1, 0.15) is 17.1 Å². The Morgan fingerprint density at radius 3 is 2.65 bits per heavy atom. The molecule has 1 aliphatic carbocycles. The molecule has 0 radical (unpaired) electrons. The van der Waals surface area contributed by atoms with E-state index in [0.29, 0.717) is 30.7 Å². The summed E-state index contributed by atoms with van der Waals surface area (Å²) in [6, 6.07) is 2.07. The minimum Gasteiger partial charge on any atom is -0.478 e. The van der Waals surface area contributed by atoms with Crippen molar-refractivity contribution in [2.24, 2.45) is 0 Å². The van der Waals surface area contributed by atoms with Crippen LogP contribution in [-0.2, 0) is 6.54 Å². The number of carbonyl (C=O) groups is 1. The molecule has 5 heteroatoms. The van der Waals surface area contributed by atoms with Crippen LogP contribution >= 0.6 is 0 Å². The van der Waals surface area contributed by atoms with Gasteiger partial charge in [-0.25, -0.2) is 4.79 Å². The molecule has 0 saturated heterocycles. The Labute approximate surface area is 119 Å². The molecule has 0 bridgehead atoms. The fourth-order valence-corrected chi connectivity index (χ4v) is 3.00. The Morgan fingerprint density at radius 1 is 1.40 bits per heavy atom. The zero-order valence-electron chi connectivity index (χ0n) is 12.0. The predicted molar refractivity (Wildman–Crippen MR) is 74.8 cm³/mol. The number of hydrogen-bond donors (Lipinski definition) is 2. The quantitative estimate of drug-likeness (QED) is 0.837. The van der Waals surface area contributed by atoms with E-state index in [1.54, 1.807) is 13.0 Å². The number of carboxylic acids is 1. The van der Waals surface area contributed by atoms with Gasteiger partial charge in [0.25, 0.3) is 0 Å². The van der Waals surface area contributed by atoms with Crippen LogP contribution in [0.4, 0.5) is 0 Å². The van der Waals surface area contributed by atoms with Gasteiger partial charge in [-0.15, -0.1) is 0 Å². The summed E-state index contributed by atoms with van der Waals surface area (Å²) >= 11 is 0. The van der Waals surface area contributed by atoms with Crippen LogP contribution in [0.15, 0.2) is 10.5 Å². The minimum absolute atomic E-state index is 0.113. The van der Waals surface area contributed by atoms with E-state index in [1.165, 1.54) is 19.3 Å². The number of aliphatic hydroxyl groups is 1. The summed E-state index contributed by atoms with van der Waals surface area (Å²) in [6.45, 7) is 2.96. The molecular formula is C15H23NO4. The van der Waals surface area contributed by atoms with Gasteiger partial charge >= 0.3 is 5.97 Å². The van der Waals surface area contributed by atoms with E-state index in [9.17, 15) is 9.90 Å². The third kappa shape index (κ3) is 3.61. The number of rotatable bonds is 6. The van der Waals surface area contributed by atoms with Gasteiger partial charge in [0.05, 0.1) is 13.2 Å². The Bertz CT molecular complexity index is 449. The molecule has 0 unspecified atom stereocenters. The first kappa shape index (κ1) is 15.1. The third-order valence-corrected chi connectivity index (χ3v) is 4.04. The van der Waals surface area contributed by atoms with Gasteiger partial charge in [-0.1, -0.05) is 19.3 Å². The lowest BCUT2D eigenvalue weighted by Crippen LogP contribution is -2.38. The molecule has 1 fully saturated rings. The topological polar surface area (TPSA) is 73.9 Å². The van der Waals surface area contributed by atoms with Gasteiger partial charge < -0.3 is 14.6 Å².